The molecular weight excluding hydrogens is 348 g/mol. The highest BCUT2D eigenvalue weighted by molar-refractivity contribution is 6.28. The van der Waals surface area contributed by atoms with E-state index >= 15 is 0 Å². The average Bonchev–Trinajstić information content (AvgIpc) is 2.85. The maximum atomic E-state index is 14.4. The van der Waals surface area contributed by atoms with Crippen molar-refractivity contribution in [3.63, 3.8) is 0 Å². The number of nitrogens with zero attached hydrogens (tertiary/aromatic N) is 4. The molecule has 0 fully saturated rings. The van der Waals surface area contributed by atoms with Crippen molar-refractivity contribution in [1.82, 2.24) is 19.5 Å². The number of hydrogen-bond acceptors (Lipinski definition) is 3. The molecule has 3 rings (SSSR count). The molecule has 24 heavy (non-hydrogen) atoms. The van der Waals surface area contributed by atoms with Gasteiger partial charge >= 0.3 is 0 Å². The summed E-state index contributed by atoms with van der Waals surface area (Å²) in [5, 5.41) is -0.211. The lowest BCUT2D eigenvalue weighted by Gasteiger charge is -2.15. The standard InChI is InChI=1S/C15H11ClF4N4/c1-6(14(19)20)24-7(2)22-13-9(17)3-8(4-11(13)24)12-10(18)5-21-15(16)23-12/h3-6,14H,1-2H3. The van der Waals surface area contributed by atoms with Crippen LogP contribution in [0.3, 0.4) is 0 Å². The average molecular weight is 359 g/mol. The van der Waals surface area contributed by atoms with Crippen molar-refractivity contribution >= 4 is 22.6 Å². The first-order chi connectivity index (χ1) is 11.3. The Hall–Kier alpha value is -2.22. The van der Waals surface area contributed by atoms with Crippen LogP contribution in [0.1, 0.15) is 18.8 Å². The topological polar surface area (TPSA) is 43.6 Å². The van der Waals surface area contributed by atoms with Crippen LogP contribution in [0.15, 0.2) is 18.3 Å². The van der Waals surface area contributed by atoms with Crippen LogP contribution < -0.4 is 0 Å². The molecule has 1 aromatic carbocycles. The van der Waals surface area contributed by atoms with Gasteiger partial charge in [-0.15, -0.1) is 0 Å². The van der Waals surface area contributed by atoms with Crippen LogP contribution in [-0.4, -0.2) is 25.9 Å². The number of halogens is 5. The fourth-order valence-electron chi connectivity index (χ4n) is 2.58. The molecule has 2 heterocycles. The first-order valence-corrected chi connectivity index (χ1v) is 7.32. The van der Waals surface area contributed by atoms with E-state index in [1.807, 2.05) is 0 Å². The molecule has 0 aliphatic rings. The summed E-state index contributed by atoms with van der Waals surface area (Å²) in [6, 6.07) is 1.18. The Bertz CT molecular complexity index is 925. The lowest BCUT2D eigenvalue weighted by atomic mass is 10.1. The van der Waals surface area contributed by atoms with Crippen molar-refractivity contribution in [2.24, 2.45) is 0 Å². The van der Waals surface area contributed by atoms with Crippen LogP contribution in [-0.2, 0) is 0 Å². The number of aryl methyl sites for hydroxylation is 1. The Morgan fingerprint density at radius 1 is 1.12 bits per heavy atom. The zero-order valence-electron chi connectivity index (χ0n) is 12.6. The highest BCUT2D eigenvalue weighted by Gasteiger charge is 2.23. The van der Waals surface area contributed by atoms with Gasteiger partial charge in [0.25, 0.3) is 6.43 Å². The summed E-state index contributed by atoms with van der Waals surface area (Å²) in [4.78, 5) is 11.2. The lowest BCUT2D eigenvalue weighted by molar-refractivity contribution is 0.0923. The minimum absolute atomic E-state index is 0.0596. The molecule has 9 heteroatoms. The number of alkyl halides is 2. The molecule has 0 saturated heterocycles. The summed E-state index contributed by atoms with van der Waals surface area (Å²) in [6.45, 7) is 2.80. The minimum atomic E-state index is -2.67. The molecule has 0 radical (unpaired) electrons. The van der Waals surface area contributed by atoms with E-state index in [9.17, 15) is 17.6 Å². The Morgan fingerprint density at radius 2 is 1.83 bits per heavy atom. The second kappa shape index (κ2) is 6.01. The zero-order chi connectivity index (χ0) is 17.6. The molecule has 0 aliphatic heterocycles. The zero-order valence-corrected chi connectivity index (χ0v) is 13.3. The lowest BCUT2D eigenvalue weighted by Crippen LogP contribution is -2.15. The second-order valence-electron chi connectivity index (χ2n) is 5.27. The Balaban J connectivity index is 2.29. The van der Waals surface area contributed by atoms with Crippen LogP contribution in [0.5, 0.6) is 0 Å². The van der Waals surface area contributed by atoms with E-state index in [1.54, 1.807) is 0 Å². The van der Waals surface area contributed by atoms with E-state index in [4.69, 9.17) is 11.6 Å². The van der Waals surface area contributed by atoms with Crippen molar-refractivity contribution < 1.29 is 17.6 Å². The smallest absolute Gasteiger partial charge is 0.258 e. The van der Waals surface area contributed by atoms with Crippen LogP contribution in [0.4, 0.5) is 17.6 Å². The van der Waals surface area contributed by atoms with Gasteiger partial charge in [0.2, 0.25) is 5.28 Å². The van der Waals surface area contributed by atoms with E-state index in [-0.39, 0.29) is 33.4 Å². The molecule has 0 aliphatic carbocycles. The van der Waals surface area contributed by atoms with Crippen LogP contribution in [0, 0.1) is 18.6 Å². The largest absolute Gasteiger partial charge is 0.319 e. The van der Waals surface area contributed by atoms with Gasteiger partial charge in [0, 0.05) is 5.56 Å². The van der Waals surface area contributed by atoms with Gasteiger partial charge in [-0.2, -0.15) is 0 Å². The SMILES string of the molecule is Cc1nc2c(F)cc(-c3nc(Cl)ncc3F)cc2n1C(C)C(F)F. The van der Waals surface area contributed by atoms with E-state index in [0.29, 0.717) is 0 Å². The van der Waals surface area contributed by atoms with E-state index in [1.165, 1.54) is 24.5 Å². The molecule has 0 spiro atoms. The Kier molecular flexibility index (Phi) is 4.16. The van der Waals surface area contributed by atoms with Crippen LogP contribution in [0.25, 0.3) is 22.3 Å². The molecule has 126 valence electrons. The summed E-state index contributed by atoms with van der Waals surface area (Å²) in [5.41, 5.74) is -0.0935. The number of benzene rings is 1. The fraction of sp³-hybridized carbons (Fsp3) is 0.267. The Labute approximate surface area is 139 Å². The van der Waals surface area contributed by atoms with Crippen molar-refractivity contribution in [3.05, 3.63) is 41.1 Å². The van der Waals surface area contributed by atoms with Gasteiger partial charge < -0.3 is 4.57 Å². The molecule has 2 aromatic heterocycles. The minimum Gasteiger partial charge on any atom is -0.319 e. The first-order valence-electron chi connectivity index (χ1n) is 6.94. The van der Waals surface area contributed by atoms with E-state index in [2.05, 4.69) is 15.0 Å². The van der Waals surface area contributed by atoms with E-state index < -0.39 is 24.1 Å². The maximum Gasteiger partial charge on any atom is 0.258 e. The van der Waals surface area contributed by atoms with Gasteiger partial charge in [0.1, 0.15) is 17.0 Å². The predicted octanol–water partition coefficient (Wildman–Crippen LogP) is 4.56. The van der Waals surface area contributed by atoms with Crippen molar-refractivity contribution in [2.45, 2.75) is 26.3 Å². The van der Waals surface area contributed by atoms with Crippen molar-refractivity contribution in [3.8, 4) is 11.3 Å². The maximum absolute atomic E-state index is 14.4. The summed E-state index contributed by atoms with van der Waals surface area (Å²) in [5.74, 6) is -1.34. The fourth-order valence-corrected chi connectivity index (χ4v) is 2.71. The van der Waals surface area contributed by atoms with Crippen LogP contribution >= 0.6 is 11.6 Å². The monoisotopic (exact) mass is 358 g/mol. The summed E-state index contributed by atoms with van der Waals surface area (Å²) >= 11 is 5.65. The van der Waals surface area contributed by atoms with Crippen molar-refractivity contribution in [2.75, 3.05) is 0 Å². The van der Waals surface area contributed by atoms with Gasteiger partial charge in [0.15, 0.2) is 11.6 Å². The molecule has 0 N–H and O–H groups in total. The number of hydrogen-bond donors (Lipinski definition) is 0. The summed E-state index contributed by atoms with van der Waals surface area (Å²) in [7, 11) is 0. The van der Waals surface area contributed by atoms with Crippen LogP contribution in [0.2, 0.25) is 5.28 Å². The second-order valence-corrected chi connectivity index (χ2v) is 5.60. The first kappa shape index (κ1) is 16.6. The Morgan fingerprint density at radius 3 is 2.50 bits per heavy atom. The predicted molar refractivity (Wildman–Crippen MR) is 81.1 cm³/mol. The molecule has 0 saturated carbocycles. The summed E-state index contributed by atoms with van der Waals surface area (Å²) in [6.07, 6.45) is -1.81. The normalized spacial score (nSPS) is 13.0. The molecule has 1 atom stereocenters. The summed E-state index contributed by atoms with van der Waals surface area (Å²) < 4.78 is 55.7. The molecule has 3 aromatic rings. The highest BCUT2D eigenvalue weighted by atomic mass is 35.5. The van der Waals surface area contributed by atoms with Gasteiger partial charge in [-0.3, -0.25) is 0 Å². The highest BCUT2D eigenvalue weighted by Crippen LogP contribution is 2.31. The molecule has 4 nitrogen and oxygen atoms in total. The van der Waals surface area contributed by atoms with Gasteiger partial charge in [-0.25, -0.2) is 32.5 Å². The number of rotatable bonds is 3. The van der Waals surface area contributed by atoms with Gasteiger partial charge in [-0.05, 0) is 37.6 Å². The van der Waals surface area contributed by atoms with Gasteiger partial charge in [0.05, 0.1) is 17.8 Å². The van der Waals surface area contributed by atoms with Crippen molar-refractivity contribution in [1.29, 1.82) is 0 Å². The number of fused-ring (bicyclic) bond motifs is 1. The molecule has 0 bridgehead atoms. The number of aromatic nitrogens is 4. The third kappa shape index (κ3) is 2.71. The molecule has 0 amide bonds. The third-order valence-electron chi connectivity index (χ3n) is 3.69. The third-order valence-corrected chi connectivity index (χ3v) is 3.87. The molecular formula is C15H11ClF4N4. The van der Waals surface area contributed by atoms with Gasteiger partial charge in [-0.1, -0.05) is 0 Å². The molecule has 1 unspecified atom stereocenters. The quantitative estimate of drug-likeness (QED) is 0.509. The number of imidazole rings is 1. The van der Waals surface area contributed by atoms with E-state index in [0.717, 1.165) is 12.3 Å².